The summed E-state index contributed by atoms with van der Waals surface area (Å²) in [7, 11) is 1.28. The second-order valence-corrected chi connectivity index (χ2v) is 11.8. The third-order valence-electron chi connectivity index (χ3n) is 9.52. The van der Waals surface area contributed by atoms with E-state index in [1.54, 1.807) is 4.90 Å². The number of carbonyl (C=O) groups excluding carboxylic acids is 1. The van der Waals surface area contributed by atoms with Crippen molar-refractivity contribution in [3.63, 3.8) is 0 Å². The molecule has 1 aromatic heterocycles. The number of fused-ring (bicyclic) bond motifs is 3. The number of methoxy groups -OCH3 is 1. The number of carbonyl (C=O) groups is 1. The first-order valence-electron chi connectivity index (χ1n) is 14.3. The lowest BCUT2D eigenvalue weighted by Gasteiger charge is -2.45. The zero-order valence-electron chi connectivity index (χ0n) is 22.0. The molecule has 4 fully saturated rings. The van der Waals surface area contributed by atoms with Crippen molar-refractivity contribution in [3.8, 4) is 0 Å². The van der Waals surface area contributed by atoms with Gasteiger partial charge in [-0.15, -0.1) is 0 Å². The summed E-state index contributed by atoms with van der Waals surface area (Å²) in [6.07, 6.45) is 14.1. The highest BCUT2D eigenvalue weighted by molar-refractivity contribution is 5.81. The van der Waals surface area contributed by atoms with Crippen LogP contribution in [0.5, 0.6) is 0 Å². The number of nitrogens with zero attached hydrogens (tertiary/aromatic N) is 4. The van der Waals surface area contributed by atoms with Crippen molar-refractivity contribution in [2.75, 3.05) is 25.1 Å². The van der Waals surface area contributed by atoms with Gasteiger partial charge in [0, 0.05) is 37.1 Å². The van der Waals surface area contributed by atoms with Crippen molar-refractivity contribution in [1.82, 2.24) is 14.5 Å². The third-order valence-corrected chi connectivity index (χ3v) is 9.52. The van der Waals surface area contributed by atoms with E-state index in [1.165, 1.54) is 64.9 Å². The van der Waals surface area contributed by atoms with E-state index in [-0.39, 0.29) is 24.6 Å². The Kier molecular flexibility index (Phi) is 6.74. The first kappa shape index (κ1) is 24.9. The van der Waals surface area contributed by atoms with Crippen LogP contribution in [0.4, 0.5) is 5.82 Å². The number of piperidine rings is 1. The molecule has 6 rings (SSSR count). The minimum absolute atomic E-state index is 0.0195. The van der Waals surface area contributed by atoms with Crippen LogP contribution in [0, 0.1) is 0 Å². The molecule has 2 bridgehead atoms. The maximum atomic E-state index is 14.1. The second kappa shape index (κ2) is 10.0. The molecule has 1 aliphatic carbocycles. The molecule has 1 aromatic carbocycles. The number of hydrogen-bond donors (Lipinski definition) is 1. The number of aliphatic hydroxyl groups is 1. The molecule has 3 saturated heterocycles. The fraction of sp³-hybridized carbons (Fsp3) is 0.690. The average Bonchev–Trinajstić information content (AvgIpc) is 3.40. The SMILES string of the molecule is COC(=O)C1(O)CCN(c2nc3ccccc3n([C@H]3C[C@H]4CC[C@@H](C3)N4C3CCCCCCC3)c2=O)C1. The van der Waals surface area contributed by atoms with Crippen LogP contribution in [0.3, 0.4) is 0 Å². The van der Waals surface area contributed by atoms with Crippen molar-refractivity contribution in [2.45, 2.75) is 107 Å². The van der Waals surface area contributed by atoms with Crippen molar-refractivity contribution >= 4 is 22.8 Å². The molecule has 2 aromatic rings. The lowest BCUT2D eigenvalue weighted by molar-refractivity contribution is -0.159. The topological polar surface area (TPSA) is 87.9 Å². The van der Waals surface area contributed by atoms with Crippen LogP contribution in [0.15, 0.2) is 29.1 Å². The summed E-state index contributed by atoms with van der Waals surface area (Å²) in [5, 5.41) is 10.8. The molecule has 8 nitrogen and oxygen atoms in total. The van der Waals surface area contributed by atoms with Crippen molar-refractivity contribution in [1.29, 1.82) is 0 Å². The average molecular weight is 509 g/mol. The first-order valence-corrected chi connectivity index (χ1v) is 14.3. The van der Waals surface area contributed by atoms with Gasteiger partial charge in [0.05, 0.1) is 24.7 Å². The Morgan fingerprint density at radius 2 is 1.65 bits per heavy atom. The summed E-state index contributed by atoms with van der Waals surface area (Å²) < 4.78 is 6.82. The quantitative estimate of drug-likeness (QED) is 0.629. The smallest absolute Gasteiger partial charge is 0.339 e. The van der Waals surface area contributed by atoms with Crippen LogP contribution in [0.25, 0.3) is 11.0 Å². The zero-order chi connectivity index (χ0) is 25.6. The molecular formula is C29H40N4O4. The van der Waals surface area contributed by atoms with Gasteiger partial charge in [0.1, 0.15) is 0 Å². The molecule has 4 heterocycles. The van der Waals surface area contributed by atoms with Gasteiger partial charge >= 0.3 is 5.97 Å². The van der Waals surface area contributed by atoms with E-state index in [9.17, 15) is 14.7 Å². The van der Waals surface area contributed by atoms with E-state index in [1.807, 2.05) is 28.8 Å². The summed E-state index contributed by atoms with van der Waals surface area (Å²) in [6, 6.07) is 9.77. The van der Waals surface area contributed by atoms with Gasteiger partial charge in [-0.1, -0.05) is 44.2 Å². The highest BCUT2D eigenvalue weighted by Crippen LogP contribution is 2.44. The van der Waals surface area contributed by atoms with E-state index in [0.29, 0.717) is 30.5 Å². The van der Waals surface area contributed by atoms with Gasteiger partial charge in [-0.05, 0) is 50.7 Å². The monoisotopic (exact) mass is 508 g/mol. The number of rotatable bonds is 4. The molecule has 37 heavy (non-hydrogen) atoms. The number of anilines is 1. The van der Waals surface area contributed by atoms with Gasteiger partial charge in [0.25, 0.3) is 5.56 Å². The molecule has 4 atom stereocenters. The summed E-state index contributed by atoms with van der Waals surface area (Å²) >= 11 is 0. The van der Waals surface area contributed by atoms with Crippen LogP contribution < -0.4 is 10.5 Å². The normalized spacial score (nSPS) is 31.4. The summed E-state index contributed by atoms with van der Waals surface area (Å²) in [6.45, 7) is 0.406. The Morgan fingerprint density at radius 1 is 0.973 bits per heavy atom. The van der Waals surface area contributed by atoms with Gasteiger partial charge in [-0.2, -0.15) is 0 Å². The predicted molar refractivity (Wildman–Crippen MR) is 143 cm³/mol. The van der Waals surface area contributed by atoms with Gasteiger partial charge < -0.3 is 19.3 Å². The van der Waals surface area contributed by atoms with Gasteiger partial charge in [-0.3, -0.25) is 9.69 Å². The molecular weight excluding hydrogens is 468 g/mol. The Labute approximate surface area is 218 Å². The molecule has 4 aliphatic rings. The summed E-state index contributed by atoms with van der Waals surface area (Å²) in [5.41, 5.74) is -0.0685. The first-order chi connectivity index (χ1) is 18.0. The van der Waals surface area contributed by atoms with E-state index in [0.717, 1.165) is 23.9 Å². The van der Waals surface area contributed by atoms with Crippen LogP contribution in [0.2, 0.25) is 0 Å². The Balaban J connectivity index is 1.32. The predicted octanol–water partition coefficient (Wildman–Crippen LogP) is 3.79. The minimum atomic E-state index is -1.61. The number of benzene rings is 1. The molecule has 3 aliphatic heterocycles. The van der Waals surface area contributed by atoms with Crippen molar-refractivity contribution < 1.29 is 14.6 Å². The lowest BCUT2D eigenvalue weighted by Crippen LogP contribution is -2.50. The van der Waals surface area contributed by atoms with Crippen LogP contribution in [-0.2, 0) is 9.53 Å². The number of ether oxygens (including phenoxy) is 1. The summed E-state index contributed by atoms with van der Waals surface area (Å²) in [5.74, 6) is -0.331. The highest BCUT2D eigenvalue weighted by Gasteiger charge is 2.47. The number of aromatic nitrogens is 2. The largest absolute Gasteiger partial charge is 0.467 e. The lowest BCUT2D eigenvalue weighted by atomic mass is 9.89. The zero-order valence-corrected chi connectivity index (χ0v) is 22.0. The fourth-order valence-electron chi connectivity index (χ4n) is 7.77. The molecule has 1 saturated carbocycles. The van der Waals surface area contributed by atoms with Gasteiger partial charge in [0.15, 0.2) is 11.4 Å². The highest BCUT2D eigenvalue weighted by atomic mass is 16.5. The molecule has 8 heteroatoms. The number of hydrogen-bond acceptors (Lipinski definition) is 7. The van der Waals surface area contributed by atoms with Crippen molar-refractivity contribution in [2.24, 2.45) is 0 Å². The van der Waals surface area contributed by atoms with E-state index in [4.69, 9.17) is 9.72 Å². The molecule has 1 N–H and O–H groups in total. The molecule has 0 amide bonds. The molecule has 200 valence electrons. The minimum Gasteiger partial charge on any atom is -0.467 e. The molecule has 1 unspecified atom stereocenters. The van der Waals surface area contributed by atoms with Gasteiger partial charge in [-0.25, -0.2) is 9.78 Å². The van der Waals surface area contributed by atoms with Crippen LogP contribution in [0.1, 0.15) is 83.1 Å². The Hall–Kier alpha value is -2.45. The maximum absolute atomic E-state index is 14.1. The molecule has 0 radical (unpaired) electrons. The Morgan fingerprint density at radius 3 is 2.35 bits per heavy atom. The standard InChI is InChI=1S/C29H40N4O4/c1-37-28(35)29(36)15-16-31(19-29)26-27(34)33(25-12-8-7-11-24(25)30-26)23-17-21-13-14-22(18-23)32(21)20-9-5-3-2-4-6-10-20/h7-8,11-12,20-23,36H,2-6,9-10,13-19H2,1H3/t21-,22+,23+,29?. The third kappa shape index (κ3) is 4.46. The Bertz CT molecular complexity index is 1190. The van der Waals surface area contributed by atoms with Crippen LogP contribution >= 0.6 is 0 Å². The molecule has 0 spiro atoms. The van der Waals surface area contributed by atoms with E-state index < -0.39 is 11.6 Å². The number of esters is 1. The maximum Gasteiger partial charge on any atom is 0.339 e. The summed E-state index contributed by atoms with van der Waals surface area (Å²) in [4.78, 5) is 35.6. The van der Waals surface area contributed by atoms with Crippen molar-refractivity contribution in [3.05, 3.63) is 34.6 Å². The van der Waals surface area contributed by atoms with Gasteiger partial charge in [0.2, 0.25) is 0 Å². The van der Waals surface area contributed by atoms with E-state index >= 15 is 0 Å². The fourth-order valence-corrected chi connectivity index (χ4v) is 7.77. The van der Waals surface area contributed by atoms with E-state index in [2.05, 4.69) is 4.90 Å². The number of para-hydroxylation sites is 2. The number of β-amino-alcohol motifs (C(OH)–C–C–N with tert-alkyl or cyclic N) is 1. The second-order valence-electron chi connectivity index (χ2n) is 11.8. The van der Waals surface area contributed by atoms with Crippen LogP contribution in [-0.4, -0.2) is 69.5 Å².